The second-order valence-corrected chi connectivity index (χ2v) is 6.38. The van der Waals surface area contributed by atoms with Gasteiger partial charge in [-0.1, -0.05) is 66.7 Å². The van der Waals surface area contributed by atoms with Crippen LogP contribution in [0, 0.1) is 0 Å². The molecule has 1 heteroatoms. The van der Waals surface area contributed by atoms with E-state index in [1.807, 2.05) is 0 Å². The van der Waals surface area contributed by atoms with E-state index in [1.165, 1.54) is 29.5 Å². The predicted octanol–water partition coefficient (Wildman–Crippen LogP) is 5.43. The molecule has 0 atom stereocenters. The predicted molar refractivity (Wildman–Crippen MR) is 102 cm³/mol. The van der Waals surface area contributed by atoms with Gasteiger partial charge in [0, 0.05) is 0 Å². The minimum Gasteiger partial charge on any atom is -0.309 e. The Morgan fingerprint density at radius 3 is 2.17 bits per heavy atom. The van der Waals surface area contributed by atoms with Crippen molar-refractivity contribution in [3.8, 4) is 0 Å². The molecule has 0 saturated carbocycles. The zero-order chi connectivity index (χ0) is 16.3. The van der Waals surface area contributed by atoms with Gasteiger partial charge in [0.05, 0.1) is 0 Å². The summed E-state index contributed by atoms with van der Waals surface area (Å²) in [6, 6.07) is 21.6. The average Bonchev–Trinajstić information content (AvgIpc) is 2.58. The van der Waals surface area contributed by atoms with Crippen molar-refractivity contribution in [1.82, 2.24) is 4.90 Å². The quantitative estimate of drug-likeness (QED) is 0.558. The van der Waals surface area contributed by atoms with Crippen molar-refractivity contribution in [2.75, 3.05) is 20.6 Å². The average molecular weight is 307 g/mol. The third kappa shape index (κ3) is 6.83. The van der Waals surface area contributed by atoms with Crippen molar-refractivity contribution in [3.63, 3.8) is 0 Å². The molecule has 0 aliphatic carbocycles. The number of unbranched alkanes of at least 4 members (excludes halogenated alkanes) is 1. The highest BCUT2D eigenvalue weighted by Gasteiger charge is 2.02. The fourth-order valence-electron chi connectivity index (χ4n) is 2.83. The van der Waals surface area contributed by atoms with E-state index in [2.05, 4.69) is 85.7 Å². The van der Waals surface area contributed by atoms with Crippen LogP contribution < -0.4 is 0 Å². The number of allylic oxidation sites excluding steroid dienone is 2. The minimum absolute atomic E-state index is 1.15. The molecule has 0 radical (unpaired) electrons. The van der Waals surface area contributed by atoms with Crippen molar-refractivity contribution in [1.29, 1.82) is 0 Å². The van der Waals surface area contributed by atoms with E-state index < -0.39 is 0 Å². The van der Waals surface area contributed by atoms with Crippen LogP contribution in [0.25, 0.3) is 5.57 Å². The van der Waals surface area contributed by atoms with Crippen LogP contribution >= 0.6 is 0 Å². The highest BCUT2D eigenvalue weighted by atomic mass is 15.0. The Kier molecular flexibility index (Phi) is 7.62. The molecule has 2 aromatic carbocycles. The van der Waals surface area contributed by atoms with E-state index in [0.29, 0.717) is 0 Å². The lowest BCUT2D eigenvalue weighted by molar-refractivity contribution is 0.402. The number of aryl methyl sites for hydroxylation is 1. The summed E-state index contributed by atoms with van der Waals surface area (Å²) in [7, 11) is 4.28. The van der Waals surface area contributed by atoms with Gasteiger partial charge in [0.2, 0.25) is 0 Å². The first-order valence-corrected chi connectivity index (χ1v) is 8.69. The van der Waals surface area contributed by atoms with Crippen molar-refractivity contribution >= 4 is 5.57 Å². The third-order valence-electron chi connectivity index (χ3n) is 4.10. The summed E-state index contributed by atoms with van der Waals surface area (Å²) in [6.45, 7) is 1.16. The Hall–Kier alpha value is -1.86. The van der Waals surface area contributed by atoms with E-state index in [0.717, 1.165) is 25.8 Å². The molecule has 0 saturated heterocycles. The second kappa shape index (κ2) is 10.0. The van der Waals surface area contributed by atoms with E-state index in [-0.39, 0.29) is 0 Å². The lowest BCUT2D eigenvalue weighted by atomic mass is 9.97. The molecule has 0 aromatic heterocycles. The number of hydrogen-bond donors (Lipinski definition) is 0. The molecule has 23 heavy (non-hydrogen) atoms. The summed E-state index contributed by atoms with van der Waals surface area (Å²) in [5.41, 5.74) is 4.32. The van der Waals surface area contributed by atoms with Crippen LogP contribution in [0.5, 0.6) is 0 Å². The van der Waals surface area contributed by atoms with Crippen LogP contribution in [-0.4, -0.2) is 25.5 Å². The van der Waals surface area contributed by atoms with Gasteiger partial charge in [-0.25, -0.2) is 0 Å². The molecule has 1 nitrogen and oxygen atoms in total. The van der Waals surface area contributed by atoms with Gasteiger partial charge >= 0.3 is 0 Å². The fourth-order valence-corrected chi connectivity index (χ4v) is 2.83. The Morgan fingerprint density at radius 1 is 0.870 bits per heavy atom. The molecule has 2 aromatic rings. The molecule has 0 spiro atoms. The normalized spacial score (nSPS) is 11.9. The largest absolute Gasteiger partial charge is 0.309 e. The first-order valence-electron chi connectivity index (χ1n) is 8.69. The zero-order valence-electron chi connectivity index (χ0n) is 14.5. The maximum Gasteiger partial charge on any atom is -0.00219 e. The maximum atomic E-state index is 2.45. The van der Waals surface area contributed by atoms with Crippen LogP contribution in [0.1, 0.15) is 36.8 Å². The van der Waals surface area contributed by atoms with Crippen molar-refractivity contribution in [2.24, 2.45) is 0 Å². The lowest BCUT2D eigenvalue weighted by Crippen LogP contribution is -2.12. The topological polar surface area (TPSA) is 3.24 Å². The van der Waals surface area contributed by atoms with E-state index in [1.54, 1.807) is 0 Å². The van der Waals surface area contributed by atoms with Crippen molar-refractivity contribution in [2.45, 2.75) is 32.1 Å². The van der Waals surface area contributed by atoms with Gasteiger partial charge in [-0.2, -0.15) is 0 Å². The van der Waals surface area contributed by atoms with E-state index in [9.17, 15) is 0 Å². The second-order valence-electron chi connectivity index (χ2n) is 6.38. The van der Waals surface area contributed by atoms with Crippen LogP contribution in [0.2, 0.25) is 0 Å². The monoisotopic (exact) mass is 307 g/mol. The number of rotatable bonds is 9. The first kappa shape index (κ1) is 17.5. The third-order valence-corrected chi connectivity index (χ3v) is 4.10. The summed E-state index contributed by atoms with van der Waals surface area (Å²) in [6.07, 6.45) is 8.35. The van der Waals surface area contributed by atoms with Gasteiger partial charge in [-0.3, -0.25) is 0 Å². The molecule has 122 valence electrons. The molecule has 0 fully saturated rings. The van der Waals surface area contributed by atoms with Crippen molar-refractivity contribution in [3.05, 3.63) is 77.9 Å². The Morgan fingerprint density at radius 2 is 1.52 bits per heavy atom. The standard InChI is InChI=1S/C22H29N/c1-23(2)19-10-9-17-22(21-15-7-4-8-16-21)18-11-14-20-12-5-3-6-13-20/h3-8,12-13,15-17H,9-11,14,18-19H2,1-2H3/b22-17-. The minimum atomic E-state index is 1.15. The molecule has 0 N–H and O–H groups in total. The fraction of sp³-hybridized carbons (Fsp3) is 0.364. The summed E-state index contributed by atoms with van der Waals surface area (Å²) >= 11 is 0. The molecule has 0 unspecified atom stereocenters. The maximum absolute atomic E-state index is 2.45. The SMILES string of the molecule is CN(C)CCC/C=C(/CCCc1ccccc1)c1ccccc1. The van der Waals surface area contributed by atoms with Gasteiger partial charge in [0.25, 0.3) is 0 Å². The van der Waals surface area contributed by atoms with Crippen LogP contribution in [0.3, 0.4) is 0 Å². The highest BCUT2D eigenvalue weighted by molar-refractivity contribution is 5.65. The van der Waals surface area contributed by atoms with Crippen LogP contribution in [-0.2, 0) is 6.42 Å². The summed E-state index contributed by atoms with van der Waals surface area (Å²) in [5, 5.41) is 0. The van der Waals surface area contributed by atoms with E-state index in [4.69, 9.17) is 0 Å². The number of hydrogen-bond acceptors (Lipinski definition) is 1. The molecule has 0 aliphatic heterocycles. The van der Waals surface area contributed by atoms with Crippen LogP contribution in [0.4, 0.5) is 0 Å². The highest BCUT2D eigenvalue weighted by Crippen LogP contribution is 2.22. The summed E-state index contributed by atoms with van der Waals surface area (Å²) in [5.74, 6) is 0. The molecular weight excluding hydrogens is 278 g/mol. The lowest BCUT2D eigenvalue weighted by Gasteiger charge is -2.10. The molecule has 0 bridgehead atoms. The van der Waals surface area contributed by atoms with Gasteiger partial charge in [0.15, 0.2) is 0 Å². The molecule has 0 amide bonds. The first-order chi connectivity index (χ1) is 11.3. The Bertz CT molecular complexity index is 569. The number of benzene rings is 2. The van der Waals surface area contributed by atoms with Gasteiger partial charge in [-0.15, -0.1) is 0 Å². The van der Waals surface area contributed by atoms with Crippen LogP contribution in [0.15, 0.2) is 66.7 Å². The van der Waals surface area contributed by atoms with Gasteiger partial charge in [0.1, 0.15) is 0 Å². The van der Waals surface area contributed by atoms with E-state index >= 15 is 0 Å². The Labute approximate surface area is 141 Å². The zero-order valence-corrected chi connectivity index (χ0v) is 14.5. The van der Waals surface area contributed by atoms with Crippen molar-refractivity contribution < 1.29 is 0 Å². The molecule has 2 rings (SSSR count). The summed E-state index contributed by atoms with van der Waals surface area (Å²) < 4.78 is 0. The van der Waals surface area contributed by atoms with Gasteiger partial charge < -0.3 is 4.90 Å². The summed E-state index contributed by atoms with van der Waals surface area (Å²) in [4.78, 5) is 2.26. The Balaban J connectivity index is 1.92. The van der Waals surface area contributed by atoms with Gasteiger partial charge in [-0.05, 0) is 69.4 Å². The number of nitrogens with zero attached hydrogens (tertiary/aromatic N) is 1. The smallest absolute Gasteiger partial charge is 0.00219 e. The molecule has 0 heterocycles. The molecular formula is C22H29N. The molecule has 0 aliphatic rings.